The molecule has 35 heavy (non-hydrogen) atoms. The maximum Gasteiger partial charge on any atom is 0.409 e. The molecule has 2 aromatic rings. The Morgan fingerprint density at radius 2 is 1.89 bits per heavy atom. The summed E-state index contributed by atoms with van der Waals surface area (Å²) in [4.78, 5) is 46.0. The monoisotopic (exact) mass is 479 g/mol. The molecule has 1 atom stereocenters. The van der Waals surface area contributed by atoms with Gasteiger partial charge in [-0.3, -0.25) is 14.6 Å². The van der Waals surface area contributed by atoms with Crippen molar-refractivity contribution in [2.24, 2.45) is 0 Å². The van der Waals surface area contributed by atoms with Gasteiger partial charge in [0.05, 0.1) is 24.8 Å². The van der Waals surface area contributed by atoms with Gasteiger partial charge in [0.2, 0.25) is 0 Å². The van der Waals surface area contributed by atoms with Crippen LogP contribution in [0.4, 0.5) is 4.79 Å². The number of aliphatic hydroxyl groups is 1. The summed E-state index contributed by atoms with van der Waals surface area (Å²) in [6, 6.07) is 9.23. The van der Waals surface area contributed by atoms with E-state index in [-0.39, 0.29) is 23.5 Å². The van der Waals surface area contributed by atoms with Gasteiger partial charge in [-0.15, -0.1) is 0 Å². The third kappa shape index (κ3) is 4.84. The van der Waals surface area contributed by atoms with Gasteiger partial charge in [0, 0.05) is 37.1 Å². The number of carbonyl (C=O) groups is 3. The highest BCUT2D eigenvalue weighted by Gasteiger charge is 2.49. The number of aliphatic hydroxyl groups excluding tert-OH is 1. The molecule has 0 saturated carbocycles. The Balaban J connectivity index is 1.71. The number of likely N-dealkylation sites (tertiary alicyclic amines) is 2. The van der Waals surface area contributed by atoms with E-state index in [9.17, 15) is 19.5 Å². The number of ketones is 1. The lowest BCUT2D eigenvalue weighted by Crippen LogP contribution is -2.48. The second kappa shape index (κ2) is 10.6. The molecule has 184 valence electrons. The first-order chi connectivity index (χ1) is 17.0. The maximum atomic E-state index is 13.3. The minimum atomic E-state index is -0.793. The lowest BCUT2D eigenvalue weighted by Gasteiger charge is -2.38. The van der Waals surface area contributed by atoms with Gasteiger partial charge in [0.25, 0.3) is 11.7 Å². The number of amides is 2. The number of hydrogen-bond donors (Lipinski definition) is 1. The van der Waals surface area contributed by atoms with Crippen LogP contribution >= 0.6 is 0 Å². The summed E-state index contributed by atoms with van der Waals surface area (Å²) < 4.78 is 10.6. The Morgan fingerprint density at radius 1 is 1.11 bits per heavy atom. The molecular formula is C26H29N3O6. The summed E-state index contributed by atoms with van der Waals surface area (Å²) in [5, 5.41) is 11.3. The average Bonchev–Trinajstić information content (AvgIpc) is 3.15. The summed E-state index contributed by atoms with van der Waals surface area (Å²) in [5.74, 6) is -1.12. The normalized spacial score (nSPS) is 20.2. The van der Waals surface area contributed by atoms with Gasteiger partial charge in [-0.1, -0.05) is 18.2 Å². The van der Waals surface area contributed by atoms with Gasteiger partial charge in [0.15, 0.2) is 0 Å². The van der Waals surface area contributed by atoms with Crippen LogP contribution in [0.2, 0.25) is 0 Å². The van der Waals surface area contributed by atoms with Crippen LogP contribution in [0.5, 0.6) is 5.75 Å². The molecule has 1 aromatic carbocycles. The summed E-state index contributed by atoms with van der Waals surface area (Å²) in [6.45, 7) is 5.16. The van der Waals surface area contributed by atoms with Crippen LogP contribution in [0.15, 0.2) is 54.4 Å². The highest BCUT2D eigenvalue weighted by molar-refractivity contribution is 6.46. The van der Waals surface area contributed by atoms with E-state index in [4.69, 9.17) is 9.47 Å². The average molecular weight is 480 g/mol. The molecule has 2 aliphatic heterocycles. The molecule has 9 heteroatoms. The molecule has 2 fully saturated rings. The smallest absolute Gasteiger partial charge is 0.409 e. The van der Waals surface area contributed by atoms with Gasteiger partial charge in [-0.05, 0) is 50.5 Å². The number of rotatable bonds is 6. The molecule has 2 saturated heterocycles. The molecule has 0 bridgehead atoms. The molecule has 0 spiro atoms. The van der Waals surface area contributed by atoms with Crippen LogP contribution in [0.1, 0.15) is 43.9 Å². The molecule has 0 radical (unpaired) electrons. The third-order valence-corrected chi connectivity index (χ3v) is 6.28. The molecule has 2 aliphatic rings. The fourth-order valence-electron chi connectivity index (χ4n) is 4.69. The summed E-state index contributed by atoms with van der Waals surface area (Å²) in [5.41, 5.74) is 1.03. The largest absolute Gasteiger partial charge is 0.507 e. The van der Waals surface area contributed by atoms with Crippen molar-refractivity contribution in [2.45, 2.75) is 38.8 Å². The predicted octanol–water partition coefficient (Wildman–Crippen LogP) is 3.52. The van der Waals surface area contributed by atoms with Crippen molar-refractivity contribution >= 4 is 23.5 Å². The van der Waals surface area contributed by atoms with Crippen molar-refractivity contribution < 1.29 is 29.0 Å². The zero-order chi connectivity index (χ0) is 24.9. The van der Waals surface area contributed by atoms with Gasteiger partial charge in [-0.25, -0.2) is 4.79 Å². The maximum absolute atomic E-state index is 13.3. The Hall–Kier alpha value is -3.88. The van der Waals surface area contributed by atoms with Gasteiger partial charge in [0.1, 0.15) is 11.5 Å². The van der Waals surface area contributed by atoms with Crippen LogP contribution in [0.25, 0.3) is 5.76 Å². The zero-order valence-corrected chi connectivity index (χ0v) is 19.8. The Morgan fingerprint density at radius 3 is 2.54 bits per heavy atom. The molecule has 1 N–H and O–H groups in total. The molecule has 9 nitrogen and oxygen atoms in total. The number of carbonyl (C=O) groups excluding carboxylic acids is 3. The van der Waals surface area contributed by atoms with E-state index in [0.717, 1.165) is 0 Å². The summed E-state index contributed by atoms with van der Waals surface area (Å²) in [6.07, 6.45) is 3.80. The topological polar surface area (TPSA) is 109 Å². The fourth-order valence-corrected chi connectivity index (χ4v) is 4.69. The van der Waals surface area contributed by atoms with Crippen LogP contribution in [-0.2, 0) is 14.3 Å². The molecule has 1 unspecified atom stereocenters. The highest BCUT2D eigenvalue weighted by Crippen LogP contribution is 2.42. The standard InChI is InChI=1S/C26H29N3O6/c1-3-34-20-9-5-7-17(15-20)23(30)21-22(18-8-6-12-27-16-18)29(25(32)24(21)31)19-10-13-28(14-11-19)26(33)35-4-2/h5-9,12,15-16,19,22,30H,3-4,10-11,13-14H2,1-2H3/b23-21+. The number of piperidine rings is 1. The van der Waals surface area contributed by atoms with E-state index in [0.29, 0.717) is 56.0 Å². The predicted molar refractivity (Wildman–Crippen MR) is 128 cm³/mol. The van der Waals surface area contributed by atoms with E-state index < -0.39 is 17.7 Å². The molecule has 4 rings (SSSR count). The minimum absolute atomic E-state index is 0.0180. The Bertz CT molecular complexity index is 1120. The highest BCUT2D eigenvalue weighted by atomic mass is 16.6. The second-order valence-electron chi connectivity index (χ2n) is 8.37. The Labute approximate surface area is 204 Å². The van der Waals surface area contributed by atoms with E-state index in [1.807, 2.05) is 6.92 Å². The third-order valence-electron chi connectivity index (χ3n) is 6.28. The van der Waals surface area contributed by atoms with Gasteiger partial charge < -0.3 is 24.4 Å². The summed E-state index contributed by atoms with van der Waals surface area (Å²) in [7, 11) is 0. The number of nitrogens with zero attached hydrogens (tertiary/aromatic N) is 3. The van der Waals surface area contributed by atoms with Crippen molar-refractivity contribution in [1.82, 2.24) is 14.8 Å². The second-order valence-corrected chi connectivity index (χ2v) is 8.37. The quantitative estimate of drug-likeness (QED) is 0.384. The molecular weight excluding hydrogens is 450 g/mol. The van der Waals surface area contributed by atoms with Crippen LogP contribution in [-0.4, -0.2) is 70.0 Å². The van der Waals surface area contributed by atoms with Crippen molar-refractivity contribution in [1.29, 1.82) is 0 Å². The number of Topliss-reactive ketones (excluding diaryl/α,β-unsaturated/α-hetero) is 1. The number of benzene rings is 1. The first-order valence-corrected chi connectivity index (χ1v) is 11.8. The number of aromatic nitrogens is 1. The van der Waals surface area contributed by atoms with Crippen LogP contribution in [0, 0.1) is 0 Å². The van der Waals surface area contributed by atoms with Crippen LogP contribution in [0.3, 0.4) is 0 Å². The fraction of sp³-hybridized carbons (Fsp3) is 0.385. The lowest BCUT2D eigenvalue weighted by atomic mass is 9.94. The van der Waals surface area contributed by atoms with E-state index in [1.54, 1.807) is 65.5 Å². The summed E-state index contributed by atoms with van der Waals surface area (Å²) >= 11 is 0. The van der Waals surface area contributed by atoms with E-state index in [2.05, 4.69) is 4.98 Å². The zero-order valence-electron chi connectivity index (χ0n) is 19.8. The SMILES string of the molecule is CCOC(=O)N1CCC(N2C(=O)C(=O)/C(=C(/O)c3cccc(OCC)c3)C2c2cccnc2)CC1. The number of pyridine rings is 1. The lowest BCUT2D eigenvalue weighted by molar-refractivity contribution is -0.142. The van der Waals surface area contributed by atoms with E-state index in [1.165, 1.54) is 0 Å². The molecule has 3 heterocycles. The Kier molecular flexibility index (Phi) is 7.33. The molecule has 1 aromatic heterocycles. The van der Waals surface area contributed by atoms with Crippen LogP contribution < -0.4 is 4.74 Å². The molecule has 2 amide bonds. The van der Waals surface area contributed by atoms with Crippen molar-refractivity contribution in [3.63, 3.8) is 0 Å². The van der Waals surface area contributed by atoms with Crippen molar-refractivity contribution in [3.8, 4) is 5.75 Å². The number of ether oxygens (including phenoxy) is 2. The first-order valence-electron chi connectivity index (χ1n) is 11.8. The number of hydrogen-bond acceptors (Lipinski definition) is 7. The van der Waals surface area contributed by atoms with E-state index >= 15 is 0 Å². The van der Waals surface area contributed by atoms with Crippen molar-refractivity contribution in [3.05, 3.63) is 65.5 Å². The van der Waals surface area contributed by atoms with Gasteiger partial charge >= 0.3 is 6.09 Å². The van der Waals surface area contributed by atoms with Gasteiger partial charge in [-0.2, -0.15) is 0 Å². The molecule has 0 aliphatic carbocycles. The first kappa shape index (κ1) is 24.3. The minimum Gasteiger partial charge on any atom is -0.507 e. The van der Waals surface area contributed by atoms with Crippen molar-refractivity contribution in [2.75, 3.05) is 26.3 Å².